The molecule has 0 radical (unpaired) electrons. The molecular weight excluding hydrogens is 321 g/mol. The van der Waals surface area contributed by atoms with Crippen LogP contribution in [0.4, 0.5) is 0 Å². The first kappa shape index (κ1) is 15.6. The van der Waals surface area contributed by atoms with Crippen LogP contribution in [0.25, 0.3) is 0 Å². The van der Waals surface area contributed by atoms with Crippen LogP contribution >= 0.6 is 23.2 Å². The fourth-order valence-corrected chi connectivity index (χ4v) is 2.42. The monoisotopic (exact) mass is 331 g/mol. The molecule has 0 aliphatic carbocycles. The third kappa shape index (κ3) is 3.63. The van der Waals surface area contributed by atoms with Crippen LogP contribution in [0.1, 0.15) is 17.9 Å². The Morgan fingerprint density at radius 2 is 2.19 bits per heavy atom. The molecule has 0 aliphatic heterocycles. The second-order valence-electron chi connectivity index (χ2n) is 4.05. The van der Waals surface area contributed by atoms with E-state index in [2.05, 4.69) is 4.98 Å². The van der Waals surface area contributed by atoms with E-state index in [1.807, 2.05) is 0 Å². The van der Waals surface area contributed by atoms with Gasteiger partial charge in [0.1, 0.15) is 6.10 Å². The van der Waals surface area contributed by atoms with Crippen molar-refractivity contribution in [2.45, 2.75) is 12.3 Å². The smallest absolute Gasteiger partial charge is 0.296 e. The summed E-state index contributed by atoms with van der Waals surface area (Å²) in [6.07, 6.45) is 2.53. The fourth-order valence-electron chi connectivity index (χ4n) is 1.90. The fraction of sp³-hybridized carbons (Fsp3) is 0.250. The second-order valence-corrected chi connectivity index (χ2v) is 4.90. The lowest BCUT2D eigenvalue weighted by Gasteiger charge is -2.26. The number of rotatable bonds is 6. The second kappa shape index (κ2) is 6.75. The summed E-state index contributed by atoms with van der Waals surface area (Å²) in [5.41, 5.74) is 0.518. The summed E-state index contributed by atoms with van der Waals surface area (Å²) >= 11 is 12.0. The number of ether oxygens (including phenoxy) is 1. The Bertz CT molecular complexity index is 621. The van der Waals surface area contributed by atoms with Gasteiger partial charge in [-0.25, -0.2) is 4.98 Å². The van der Waals surface area contributed by atoms with Crippen molar-refractivity contribution in [2.75, 3.05) is 7.11 Å². The van der Waals surface area contributed by atoms with E-state index in [9.17, 15) is 10.1 Å². The van der Waals surface area contributed by atoms with Gasteiger partial charge in [-0.3, -0.25) is 4.84 Å². The summed E-state index contributed by atoms with van der Waals surface area (Å²) in [5, 5.41) is 10.6. The van der Waals surface area contributed by atoms with Gasteiger partial charge in [0.05, 0.1) is 6.33 Å². The number of aromatic nitrogens is 2. The van der Waals surface area contributed by atoms with E-state index in [0.29, 0.717) is 15.6 Å². The molecule has 0 N–H and O–H groups in total. The van der Waals surface area contributed by atoms with Crippen LogP contribution in [-0.4, -0.2) is 21.7 Å². The molecule has 21 heavy (non-hydrogen) atoms. The number of methoxy groups -OCH3 is 1. The van der Waals surface area contributed by atoms with Crippen molar-refractivity contribution in [2.24, 2.45) is 0 Å². The molecule has 1 heterocycles. The van der Waals surface area contributed by atoms with Crippen LogP contribution in [0, 0.1) is 10.1 Å². The Hall–Kier alpha value is -1.83. The van der Waals surface area contributed by atoms with Crippen molar-refractivity contribution in [3.8, 4) is 0 Å². The van der Waals surface area contributed by atoms with Crippen molar-refractivity contribution in [3.63, 3.8) is 0 Å². The van der Waals surface area contributed by atoms with Crippen LogP contribution in [0.15, 0.2) is 36.9 Å². The van der Waals surface area contributed by atoms with Gasteiger partial charge in [-0.1, -0.05) is 29.3 Å². The normalized spacial score (nSPS) is 13.7. The van der Waals surface area contributed by atoms with Crippen LogP contribution in [0.3, 0.4) is 0 Å². The molecule has 2 atom stereocenters. The van der Waals surface area contributed by atoms with Gasteiger partial charge in [0.25, 0.3) is 5.09 Å². The van der Waals surface area contributed by atoms with E-state index < -0.39 is 17.4 Å². The van der Waals surface area contributed by atoms with E-state index in [4.69, 9.17) is 32.8 Å². The van der Waals surface area contributed by atoms with Crippen LogP contribution < -0.4 is 0 Å². The first-order valence-corrected chi connectivity index (χ1v) is 6.55. The van der Waals surface area contributed by atoms with E-state index in [-0.39, 0.29) is 0 Å². The Kier molecular flexibility index (Phi) is 5.00. The predicted molar refractivity (Wildman–Crippen MR) is 75.6 cm³/mol. The SMILES string of the molecule is COC(c1ccc(Cl)cc1Cl)C(O[N+](=O)[O-])n1ccnc1. The maximum Gasteiger partial charge on any atom is 0.296 e. The number of hydrogen-bond donors (Lipinski definition) is 0. The summed E-state index contributed by atoms with van der Waals surface area (Å²) in [4.78, 5) is 19.3. The summed E-state index contributed by atoms with van der Waals surface area (Å²) in [5.74, 6) is 0. The quantitative estimate of drug-likeness (QED) is 0.599. The van der Waals surface area contributed by atoms with E-state index >= 15 is 0 Å². The molecule has 2 aromatic rings. The van der Waals surface area contributed by atoms with Crippen molar-refractivity contribution >= 4 is 23.2 Å². The molecule has 112 valence electrons. The summed E-state index contributed by atoms with van der Waals surface area (Å²) in [7, 11) is 1.41. The van der Waals surface area contributed by atoms with E-state index in [1.165, 1.54) is 36.5 Å². The molecule has 0 spiro atoms. The molecule has 7 nitrogen and oxygen atoms in total. The van der Waals surface area contributed by atoms with Crippen LogP contribution in [0.5, 0.6) is 0 Å². The van der Waals surface area contributed by atoms with Gasteiger partial charge in [0.2, 0.25) is 6.23 Å². The molecule has 0 amide bonds. The summed E-state index contributed by atoms with van der Waals surface area (Å²) < 4.78 is 6.76. The number of nitrogens with zero attached hydrogens (tertiary/aromatic N) is 3. The largest absolute Gasteiger partial charge is 0.372 e. The highest BCUT2D eigenvalue weighted by Crippen LogP contribution is 2.35. The van der Waals surface area contributed by atoms with Crippen molar-refractivity contribution in [1.29, 1.82) is 0 Å². The highest BCUT2D eigenvalue weighted by atomic mass is 35.5. The lowest BCUT2D eigenvalue weighted by Crippen LogP contribution is -2.24. The molecule has 1 aromatic heterocycles. The van der Waals surface area contributed by atoms with Gasteiger partial charge in [0.15, 0.2) is 0 Å². The van der Waals surface area contributed by atoms with Gasteiger partial charge in [-0.15, -0.1) is 10.1 Å². The molecule has 2 unspecified atom stereocenters. The zero-order chi connectivity index (χ0) is 15.4. The maximum absolute atomic E-state index is 10.7. The van der Waals surface area contributed by atoms with Crippen molar-refractivity contribution < 1.29 is 14.7 Å². The molecule has 0 fully saturated rings. The van der Waals surface area contributed by atoms with Crippen LogP contribution in [-0.2, 0) is 9.57 Å². The van der Waals surface area contributed by atoms with Gasteiger partial charge < -0.3 is 9.30 Å². The highest BCUT2D eigenvalue weighted by molar-refractivity contribution is 6.35. The zero-order valence-corrected chi connectivity index (χ0v) is 12.4. The average molecular weight is 332 g/mol. The van der Waals surface area contributed by atoms with Crippen molar-refractivity contribution in [1.82, 2.24) is 9.55 Å². The number of halogens is 2. The first-order chi connectivity index (χ1) is 10.0. The number of hydrogen-bond acceptors (Lipinski definition) is 5. The highest BCUT2D eigenvalue weighted by Gasteiger charge is 2.29. The first-order valence-electron chi connectivity index (χ1n) is 5.79. The van der Waals surface area contributed by atoms with E-state index in [1.54, 1.807) is 12.1 Å². The Balaban J connectivity index is 2.41. The molecule has 1 aromatic carbocycles. The predicted octanol–water partition coefficient (Wildman–Crippen LogP) is 3.28. The third-order valence-electron chi connectivity index (χ3n) is 2.79. The minimum atomic E-state index is -1.06. The van der Waals surface area contributed by atoms with Gasteiger partial charge >= 0.3 is 0 Å². The molecule has 0 aliphatic rings. The van der Waals surface area contributed by atoms with Crippen LogP contribution in [0.2, 0.25) is 10.0 Å². The third-order valence-corrected chi connectivity index (χ3v) is 3.36. The Labute approximate surface area is 130 Å². The summed E-state index contributed by atoms with van der Waals surface area (Å²) in [6, 6.07) is 4.78. The lowest BCUT2D eigenvalue weighted by molar-refractivity contribution is -0.778. The number of imidazole rings is 1. The standard InChI is InChI=1S/C12H11Cl2N3O4/c1-20-11(9-3-2-8(13)6-10(9)14)12(21-17(18)19)16-5-4-15-7-16/h2-7,11-12H,1H3. The molecule has 0 saturated carbocycles. The molecule has 2 rings (SSSR count). The lowest BCUT2D eigenvalue weighted by atomic mass is 10.1. The molecular formula is C12H11Cl2N3O4. The average Bonchev–Trinajstić information content (AvgIpc) is 2.94. The topological polar surface area (TPSA) is 79.4 Å². The zero-order valence-electron chi connectivity index (χ0n) is 10.8. The Morgan fingerprint density at radius 1 is 1.43 bits per heavy atom. The van der Waals surface area contributed by atoms with Gasteiger partial charge in [-0.05, 0) is 12.1 Å². The molecule has 0 saturated heterocycles. The molecule has 0 bridgehead atoms. The molecule has 9 heteroatoms. The maximum atomic E-state index is 10.7. The Morgan fingerprint density at radius 3 is 2.71 bits per heavy atom. The van der Waals surface area contributed by atoms with Gasteiger partial charge in [0, 0.05) is 35.1 Å². The number of benzene rings is 1. The minimum absolute atomic E-state index is 0.325. The van der Waals surface area contributed by atoms with Gasteiger partial charge in [-0.2, -0.15) is 0 Å². The van der Waals surface area contributed by atoms with Crippen molar-refractivity contribution in [3.05, 3.63) is 62.6 Å². The summed E-state index contributed by atoms with van der Waals surface area (Å²) in [6.45, 7) is 0. The minimum Gasteiger partial charge on any atom is -0.372 e. The van der Waals surface area contributed by atoms with E-state index in [0.717, 1.165) is 0 Å².